The minimum atomic E-state index is -0.485. The standard InChI is InChI=1S/C19H16Cl2N2O/c1-11-8-15(16(10-22)12-4-6-14(20)7-5-12)17(21)9-18(11)23-19(24)13-2-3-13/h4-9,13,16H,2-3H2,1H3,(H,23,24). The summed E-state index contributed by atoms with van der Waals surface area (Å²) in [7, 11) is 0. The number of amides is 1. The molecule has 1 N–H and O–H groups in total. The van der Waals surface area contributed by atoms with E-state index in [2.05, 4.69) is 11.4 Å². The van der Waals surface area contributed by atoms with Gasteiger partial charge >= 0.3 is 0 Å². The summed E-state index contributed by atoms with van der Waals surface area (Å²) in [6.07, 6.45) is 1.90. The van der Waals surface area contributed by atoms with Gasteiger partial charge in [-0.1, -0.05) is 41.4 Å². The summed E-state index contributed by atoms with van der Waals surface area (Å²) >= 11 is 12.3. The fourth-order valence-corrected chi connectivity index (χ4v) is 3.02. The Labute approximate surface area is 151 Å². The second-order valence-corrected chi connectivity index (χ2v) is 6.91. The number of nitriles is 1. The van der Waals surface area contributed by atoms with E-state index in [1.54, 1.807) is 18.2 Å². The number of hydrogen-bond acceptors (Lipinski definition) is 2. The van der Waals surface area contributed by atoms with Crippen molar-refractivity contribution in [2.24, 2.45) is 5.92 Å². The van der Waals surface area contributed by atoms with E-state index in [1.165, 1.54) is 0 Å². The molecule has 1 saturated carbocycles. The molecule has 1 aliphatic carbocycles. The number of hydrogen-bond donors (Lipinski definition) is 1. The van der Waals surface area contributed by atoms with Gasteiger partial charge in [0, 0.05) is 21.7 Å². The van der Waals surface area contributed by atoms with Crippen LogP contribution in [-0.2, 0) is 4.79 Å². The summed E-state index contributed by atoms with van der Waals surface area (Å²) in [6, 6.07) is 13.1. The molecule has 2 aromatic rings. The topological polar surface area (TPSA) is 52.9 Å². The van der Waals surface area contributed by atoms with Crippen LogP contribution < -0.4 is 5.32 Å². The zero-order chi connectivity index (χ0) is 17.3. The van der Waals surface area contributed by atoms with Gasteiger partial charge in [0.1, 0.15) is 0 Å². The van der Waals surface area contributed by atoms with Crippen LogP contribution in [-0.4, -0.2) is 5.91 Å². The molecule has 122 valence electrons. The van der Waals surface area contributed by atoms with Gasteiger partial charge in [0.15, 0.2) is 0 Å². The molecule has 1 fully saturated rings. The van der Waals surface area contributed by atoms with Crippen molar-refractivity contribution in [1.29, 1.82) is 5.26 Å². The number of anilines is 1. The first-order valence-electron chi connectivity index (χ1n) is 7.75. The molecule has 1 amide bonds. The van der Waals surface area contributed by atoms with Crippen LogP contribution in [0.25, 0.3) is 0 Å². The first kappa shape index (κ1) is 16.8. The predicted molar refractivity (Wildman–Crippen MR) is 96.5 cm³/mol. The summed E-state index contributed by atoms with van der Waals surface area (Å²) in [5.41, 5.74) is 3.15. The second-order valence-electron chi connectivity index (χ2n) is 6.07. The van der Waals surface area contributed by atoms with Gasteiger partial charge in [0.25, 0.3) is 0 Å². The highest BCUT2D eigenvalue weighted by Crippen LogP contribution is 2.35. The van der Waals surface area contributed by atoms with Gasteiger partial charge in [-0.3, -0.25) is 4.79 Å². The van der Waals surface area contributed by atoms with Crippen LogP contribution in [0.1, 0.15) is 35.4 Å². The fourth-order valence-electron chi connectivity index (χ4n) is 2.62. The number of rotatable bonds is 4. The molecule has 1 aliphatic rings. The molecule has 1 unspecified atom stereocenters. The van der Waals surface area contributed by atoms with Crippen molar-refractivity contribution in [3.8, 4) is 6.07 Å². The fraction of sp³-hybridized carbons (Fsp3) is 0.263. The maximum atomic E-state index is 11.9. The lowest BCUT2D eigenvalue weighted by Gasteiger charge is -2.16. The Morgan fingerprint density at radius 1 is 1.25 bits per heavy atom. The number of halogens is 2. The summed E-state index contributed by atoms with van der Waals surface area (Å²) in [5, 5.41) is 13.6. The monoisotopic (exact) mass is 358 g/mol. The van der Waals surface area contributed by atoms with Crippen molar-refractivity contribution in [3.63, 3.8) is 0 Å². The highest BCUT2D eigenvalue weighted by Gasteiger charge is 2.30. The third kappa shape index (κ3) is 3.56. The normalized spacial score (nSPS) is 14.8. The summed E-state index contributed by atoms with van der Waals surface area (Å²) < 4.78 is 0. The summed E-state index contributed by atoms with van der Waals surface area (Å²) in [6.45, 7) is 1.90. The smallest absolute Gasteiger partial charge is 0.227 e. The highest BCUT2D eigenvalue weighted by molar-refractivity contribution is 6.32. The molecule has 0 heterocycles. The number of aryl methyl sites for hydroxylation is 1. The van der Waals surface area contributed by atoms with Crippen LogP contribution in [0, 0.1) is 24.2 Å². The first-order chi connectivity index (χ1) is 11.5. The number of nitrogens with zero attached hydrogens (tertiary/aromatic N) is 1. The summed E-state index contributed by atoms with van der Waals surface area (Å²) in [5.74, 6) is -0.318. The van der Waals surface area contributed by atoms with Crippen molar-refractivity contribution in [1.82, 2.24) is 0 Å². The molecule has 3 nitrogen and oxygen atoms in total. The number of carbonyl (C=O) groups is 1. The molecular weight excluding hydrogens is 343 g/mol. The molecule has 0 bridgehead atoms. The molecule has 0 saturated heterocycles. The van der Waals surface area contributed by atoms with E-state index in [9.17, 15) is 10.1 Å². The zero-order valence-corrected chi connectivity index (χ0v) is 14.7. The van der Waals surface area contributed by atoms with Crippen LogP contribution in [0.4, 0.5) is 5.69 Å². The van der Waals surface area contributed by atoms with Crippen molar-refractivity contribution in [3.05, 3.63) is 63.1 Å². The Morgan fingerprint density at radius 2 is 1.92 bits per heavy atom. The van der Waals surface area contributed by atoms with Crippen LogP contribution >= 0.6 is 23.2 Å². The molecule has 5 heteroatoms. The lowest BCUT2D eigenvalue weighted by atomic mass is 9.91. The third-order valence-corrected chi connectivity index (χ3v) is 4.77. The van der Waals surface area contributed by atoms with Gasteiger partial charge in [-0.05, 0) is 54.7 Å². The van der Waals surface area contributed by atoms with E-state index in [0.29, 0.717) is 15.7 Å². The second kappa shape index (κ2) is 6.84. The largest absolute Gasteiger partial charge is 0.326 e. The van der Waals surface area contributed by atoms with E-state index in [4.69, 9.17) is 23.2 Å². The van der Waals surface area contributed by atoms with Gasteiger partial charge < -0.3 is 5.32 Å². The zero-order valence-electron chi connectivity index (χ0n) is 13.1. The van der Waals surface area contributed by atoms with E-state index < -0.39 is 5.92 Å². The maximum Gasteiger partial charge on any atom is 0.227 e. The molecule has 1 atom stereocenters. The van der Waals surface area contributed by atoms with E-state index in [-0.39, 0.29) is 11.8 Å². The number of benzene rings is 2. The Hall–Kier alpha value is -2.02. The molecule has 0 aromatic heterocycles. The van der Waals surface area contributed by atoms with Gasteiger partial charge in [0.2, 0.25) is 5.91 Å². The molecular formula is C19H16Cl2N2O. The van der Waals surface area contributed by atoms with Crippen LogP contribution in [0.3, 0.4) is 0 Å². The van der Waals surface area contributed by atoms with Gasteiger partial charge in [-0.15, -0.1) is 0 Å². The van der Waals surface area contributed by atoms with Gasteiger partial charge in [0.05, 0.1) is 12.0 Å². The average Bonchev–Trinajstić information content (AvgIpc) is 3.39. The highest BCUT2D eigenvalue weighted by atomic mass is 35.5. The van der Waals surface area contributed by atoms with Crippen molar-refractivity contribution in [2.75, 3.05) is 5.32 Å². The van der Waals surface area contributed by atoms with Gasteiger partial charge in [-0.25, -0.2) is 0 Å². The molecule has 0 radical (unpaired) electrons. The van der Waals surface area contributed by atoms with Crippen molar-refractivity contribution < 1.29 is 4.79 Å². The molecule has 0 aliphatic heterocycles. The molecule has 0 spiro atoms. The van der Waals surface area contributed by atoms with E-state index in [0.717, 1.165) is 29.5 Å². The van der Waals surface area contributed by atoms with Crippen LogP contribution in [0.5, 0.6) is 0 Å². The maximum absolute atomic E-state index is 11.9. The van der Waals surface area contributed by atoms with Gasteiger partial charge in [-0.2, -0.15) is 5.26 Å². The molecule has 3 rings (SSSR count). The Kier molecular flexibility index (Phi) is 4.80. The lowest BCUT2D eigenvalue weighted by molar-refractivity contribution is -0.117. The quantitative estimate of drug-likeness (QED) is 0.805. The number of carbonyl (C=O) groups excluding carboxylic acids is 1. The van der Waals surface area contributed by atoms with Crippen LogP contribution in [0.15, 0.2) is 36.4 Å². The molecule has 2 aromatic carbocycles. The number of nitrogens with one attached hydrogen (secondary N) is 1. The first-order valence-corrected chi connectivity index (χ1v) is 8.51. The van der Waals surface area contributed by atoms with Crippen molar-refractivity contribution in [2.45, 2.75) is 25.7 Å². The van der Waals surface area contributed by atoms with E-state index >= 15 is 0 Å². The SMILES string of the molecule is Cc1cc(C(C#N)c2ccc(Cl)cc2)c(Cl)cc1NC(=O)C1CC1. The Bertz CT molecular complexity index is 820. The Morgan fingerprint density at radius 3 is 2.50 bits per heavy atom. The average molecular weight is 359 g/mol. The molecule has 24 heavy (non-hydrogen) atoms. The Balaban J connectivity index is 1.92. The third-order valence-electron chi connectivity index (χ3n) is 4.19. The lowest BCUT2D eigenvalue weighted by Crippen LogP contribution is -2.14. The minimum Gasteiger partial charge on any atom is -0.326 e. The van der Waals surface area contributed by atoms with Crippen LogP contribution in [0.2, 0.25) is 10.0 Å². The van der Waals surface area contributed by atoms with Crippen molar-refractivity contribution >= 4 is 34.8 Å². The predicted octanol–water partition coefficient (Wildman–Crippen LogP) is 5.31. The summed E-state index contributed by atoms with van der Waals surface area (Å²) in [4.78, 5) is 11.9. The van der Waals surface area contributed by atoms with E-state index in [1.807, 2.05) is 25.1 Å². The minimum absolute atomic E-state index is 0.0384.